The summed E-state index contributed by atoms with van der Waals surface area (Å²) < 4.78 is 53.7. The van der Waals surface area contributed by atoms with E-state index in [9.17, 15) is 12.8 Å². The Morgan fingerprint density at radius 2 is 1.61 bits per heavy atom. The fourth-order valence-electron chi connectivity index (χ4n) is 2.62. The van der Waals surface area contributed by atoms with Gasteiger partial charge in [0.05, 0.1) is 21.9 Å². The van der Waals surface area contributed by atoms with Crippen LogP contribution in [-0.4, -0.2) is 26.7 Å². The number of nitrogens with one attached hydrogen (secondary N) is 1. The van der Waals surface area contributed by atoms with Crippen molar-refractivity contribution in [2.75, 3.05) is 4.72 Å². The molecule has 0 unspecified atom stereocenters. The molecule has 0 aromatic heterocycles. The molecule has 1 N–H and O–H groups in total. The van der Waals surface area contributed by atoms with Crippen LogP contribution >= 0.6 is 23.2 Å². The summed E-state index contributed by atoms with van der Waals surface area (Å²) in [5.41, 5.74) is -0.925. The van der Waals surface area contributed by atoms with E-state index in [-0.39, 0.29) is 20.6 Å². The molecule has 3 rings (SSSR count). The second-order valence-corrected chi connectivity index (χ2v) is 10.0. The van der Waals surface area contributed by atoms with Crippen molar-refractivity contribution in [2.45, 2.75) is 43.8 Å². The van der Waals surface area contributed by atoms with Crippen LogP contribution < -0.4 is 10.2 Å². The van der Waals surface area contributed by atoms with E-state index >= 15 is 0 Å². The monoisotopic (exact) mass is 445 g/mol. The Labute approximate surface area is 174 Å². The lowest BCUT2D eigenvalue weighted by molar-refractivity contribution is 0.00578. The van der Waals surface area contributed by atoms with Crippen molar-refractivity contribution in [3.05, 3.63) is 52.3 Å². The predicted molar refractivity (Wildman–Crippen MR) is 109 cm³/mol. The number of sulfonamides is 1. The van der Waals surface area contributed by atoms with Crippen molar-refractivity contribution in [1.82, 2.24) is 0 Å². The van der Waals surface area contributed by atoms with Crippen LogP contribution in [0.15, 0.2) is 41.3 Å². The van der Waals surface area contributed by atoms with E-state index < -0.39 is 34.2 Å². The first-order valence-electron chi connectivity index (χ1n) is 8.45. The van der Waals surface area contributed by atoms with Crippen molar-refractivity contribution < 1.29 is 22.1 Å². The van der Waals surface area contributed by atoms with E-state index in [2.05, 4.69) is 4.72 Å². The molecule has 150 valence electrons. The van der Waals surface area contributed by atoms with Gasteiger partial charge in [0.25, 0.3) is 10.0 Å². The molecule has 0 aliphatic carbocycles. The van der Waals surface area contributed by atoms with Crippen molar-refractivity contribution in [3.63, 3.8) is 0 Å². The molecule has 1 fully saturated rings. The molecule has 5 nitrogen and oxygen atoms in total. The highest BCUT2D eigenvalue weighted by atomic mass is 35.5. The van der Waals surface area contributed by atoms with Crippen LogP contribution in [0.4, 0.5) is 10.1 Å². The summed E-state index contributed by atoms with van der Waals surface area (Å²) in [4.78, 5) is -0.240. The number of rotatable bonds is 4. The molecule has 1 aliphatic rings. The van der Waals surface area contributed by atoms with Gasteiger partial charge in [-0.1, -0.05) is 29.3 Å². The van der Waals surface area contributed by atoms with Crippen LogP contribution in [-0.2, 0) is 19.3 Å². The average Bonchev–Trinajstić information content (AvgIpc) is 2.79. The van der Waals surface area contributed by atoms with E-state index in [4.69, 9.17) is 32.5 Å². The zero-order chi connectivity index (χ0) is 20.9. The fourth-order valence-corrected chi connectivity index (χ4v) is 4.45. The lowest BCUT2D eigenvalue weighted by Gasteiger charge is -2.32. The number of hydrogen-bond acceptors (Lipinski definition) is 4. The van der Waals surface area contributed by atoms with Gasteiger partial charge in [0.15, 0.2) is 0 Å². The standard InChI is InChI=1S/C18H19BCl2FNO4S/c1-17(2)18(3,4)27-19(26-17)11-5-8-15(14(22)9-11)23-28(24,25)16-10-12(20)6-7-13(16)21/h5-10,23H,1-4H3. The molecule has 0 spiro atoms. The van der Waals surface area contributed by atoms with E-state index in [1.54, 1.807) is 6.07 Å². The number of hydrogen-bond donors (Lipinski definition) is 1. The fraction of sp³-hybridized carbons (Fsp3) is 0.333. The first kappa shape index (κ1) is 21.4. The van der Waals surface area contributed by atoms with Gasteiger partial charge >= 0.3 is 7.12 Å². The molecule has 1 saturated heterocycles. The summed E-state index contributed by atoms with van der Waals surface area (Å²) in [6.45, 7) is 7.56. The SMILES string of the molecule is CC1(C)OB(c2ccc(NS(=O)(=O)c3cc(Cl)ccc3Cl)c(F)c2)OC1(C)C. The third kappa shape index (κ3) is 4.02. The first-order chi connectivity index (χ1) is 12.8. The summed E-state index contributed by atoms with van der Waals surface area (Å²) >= 11 is 11.8. The van der Waals surface area contributed by atoms with Crippen LogP contribution in [0.25, 0.3) is 0 Å². The van der Waals surface area contributed by atoms with Crippen molar-refractivity contribution in [3.8, 4) is 0 Å². The van der Waals surface area contributed by atoms with E-state index in [1.807, 2.05) is 27.7 Å². The van der Waals surface area contributed by atoms with Gasteiger partial charge in [0.2, 0.25) is 0 Å². The highest BCUT2D eigenvalue weighted by molar-refractivity contribution is 7.92. The highest BCUT2D eigenvalue weighted by Gasteiger charge is 2.51. The molecular formula is C18H19BCl2FNO4S. The molecule has 0 atom stereocenters. The molecule has 0 amide bonds. The summed E-state index contributed by atoms with van der Waals surface area (Å²) in [6, 6.07) is 8.05. The maximum absolute atomic E-state index is 14.6. The minimum atomic E-state index is -4.13. The zero-order valence-electron chi connectivity index (χ0n) is 15.7. The lowest BCUT2D eigenvalue weighted by Crippen LogP contribution is -2.41. The third-order valence-electron chi connectivity index (χ3n) is 4.95. The van der Waals surface area contributed by atoms with Gasteiger partial charge in [-0.15, -0.1) is 0 Å². The van der Waals surface area contributed by atoms with Crippen LogP contribution in [0.2, 0.25) is 10.0 Å². The third-order valence-corrected chi connectivity index (χ3v) is 7.03. The topological polar surface area (TPSA) is 64.6 Å². The molecule has 2 aromatic rings. The van der Waals surface area contributed by atoms with Gasteiger partial charge in [-0.05, 0) is 63.5 Å². The minimum absolute atomic E-state index is 0.0221. The Morgan fingerprint density at radius 1 is 1.00 bits per heavy atom. The Balaban J connectivity index is 1.87. The van der Waals surface area contributed by atoms with Gasteiger partial charge in [-0.3, -0.25) is 4.72 Å². The molecule has 0 radical (unpaired) electrons. The highest BCUT2D eigenvalue weighted by Crippen LogP contribution is 2.36. The molecular weight excluding hydrogens is 427 g/mol. The Morgan fingerprint density at radius 3 is 2.18 bits per heavy atom. The molecule has 28 heavy (non-hydrogen) atoms. The minimum Gasteiger partial charge on any atom is -0.399 e. The molecule has 0 bridgehead atoms. The van der Waals surface area contributed by atoms with Crippen LogP contribution in [0.5, 0.6) is 0 Å². The molecule has 1 heterocycles. The summed E-state index contributed by atoms with van der Waals surface area (Å²) in [6.07, 6.45) is 0. The molecule has 1 aliphatic heterocycles. The van der Waals surface area contributed by atoms with E-state index in [0.29, 0.717) is 5.46 Å². The van der Waals surface area contributed by atoms with Crippen LogP contribution in [0.1, 0.15) is 27.7 Å². The van der Waals surface area contributed by atoms with Gasteiger partial charge in [0, 0.05) is 5.02 Å². The second kappa shape index (κ2) is 7.18. The summed E-state index contributed by atoms with van der Waals surface area (Å²) in [5, 5.41) is 0.174. The maximum atomic E-state index is 14.6. The first-order valence-corrected chi connectivity index (χ1v) is 10.7. The Hall–Kier alpha value is -1.32. The van der Waals surface area contributed by atoms with Crippen molar-refractivity contribution in [2.24, 2.45) is 0 Å². The van der Waals surface area contributed by atoms with Gasteiger partial charge < -0.3 is 9.31 Å². The predicted octanol–water partition coefficient (Wildman–Crippen LogP) is 4.23. The number of halogens is 3. The Bertz CT molecular complexity index is 1010. The molecule has 2 aromatic carbocycles. The van der Waals surface area contributed by atoms with Gasteiger partial charge in [0.1, 0.15) is 10.7 Å². The Kier molecular flexibility index (Phi) is 5.49. The average molecular weight is 446 g/mol. The van der Waals surface area contributed by atoms with Gasteiger partial charge in [-0.25, -0.2) is 12.8 Å². The summed E-state index contributed by atoms with van der Waals surface area (Å²) in [5.74, 6) is -0.770. The quantitative estimate of drug-likeness (QED) is 0.715. The van der Waals surface area contributed by atoms with Crippen molar-refractivity contribution >= 4 is 51.5 Å². The zero-order valence-corrected chi connectivity index (χ0v) is 18.0. The number of anilines is 1. The smallest absolute Gasteiger partial charge is 0.399 e. The molecule has 0 saturated carbocycles. The van der Waals surface area contributed by atoms with E-state index in [0.717, 1.165) is 0 Å². The van der Waals surface area contributed by atoms with E-state index in [1.165, 1.54) is 30.3 Å². The molecule has 10 heteroatoms. The second-order valence-electron chi connectivity index (χ2n) is 7.51. The number of benzene rings is 2. The largest absolute Gasteiger partial charge is 0.494 e. The maximum Gasteiger partial charge on any atom is 0.494 e. The lowest BCUT2D eigenvalue weighted by atomic mass is 9.79. The van der Waals surface area contributed by atoms with Crippen molar-refractivity contribution in [1.29, 1.82) is 0 Å². The summed E-state index contributed by atoms with van der Waals surface area (Å²) in [7, 11) is -4.88. The van der Waals surface area contributed by atoms with Crippen LogP contribution in [0, 0.1) is 5.82 Å². The van der Waals surface area contributed by atoms with Crippen LogP contribution in [0.3, 0.4) is 0 Å². The van der Waals surface area contributed by atoms with Gasteiger partial charge in [-0.2, -0.15) is 0 Å². The normalized spacial score (nSPS) is 18.3.